The minimum absolute atomic E-state index is 0.297. The first-order chi connectivity index (χ1) is 9.22. The quantitative estimate of drug-likeness (QED) is 0.761. The van der Waals surface area contributed by atoms with E-state index in [-0.39, 0.29) is 5.91 Å². The van der Waals surface area contributed by atoms with E-state index in [1.54, 1.807) is 24.4 Å². The Labute approximate surface area is 110 Å². The Hall–Kier alpha value is -2.54. The molecule has 0 aliphatic rings. The van der Waals surface area contributed by atoms with Crippen molar-refractivity contribution in [2.24, 2.45) is 5.73 Å². The molecule has 7 heteroatoms. The first-order valence-electron chi connectivity index (χ1n) is 5.69. The van der Waals surface area contributed by atoms with E-state index < -0.39 is 6.04 Å². The van der Waals surface area contributed by atoms with E-state index in [4.69, 9.17) is 5.73 Å². The smallest absolute Gasteiger partial charge is 0.241 e. The van der Waals surface area contributed by atoms with Crippen LogP contribution in [0.4, 0.5) is 5.69 Å². The predicted molar refractivity (Wildman–Crippen MR) is 70.6 cm³/mol. The van der Waals surface area contributed by atoms with Crippen molar-refractivity contribution in [2.75, 3.05) is 5.32 Å². The van der Waals surface area contributed by atoms with E-state index in [0.717, 1.165) is 0 Å². The van der Waals surface area contributed by atoms with Crippen molar-refractivity contribution in [2.45, 2.75) is 12.5 Å². The number of anilines is 1. The molecule has 19 heavy (non-hydrogen) atoms. The van der Waals surface area contributed by atoms with E-state index >= 15 is 0 Å². The van der Waals surface area contributed by atoms with Crippen molar-refractivity contribution in [3.63, 3.8) is 0 Å². The molecule has 0 aromatic carbocycles. The molecule has 98 valence electrons. The summed E-state index contributed by atoms with van der Waals surface area (Å²) in [5.41, 5.74) is 6.23. The molecule has 0 saturated carbocycles. The Balaban J connectivity index is 2.21. The maximum atomic E-state index is 11.9. The molecule has 3 N–H and O–H groups in total. The van der Waals surface area contributed by atoms with Gasteiger partial charge in [-0.15, -0.1) is 6.58 Å². The van der Waals surface area contributed by atoms with Crippen molar-refractivity contribution < 1.29 is 4.79 Å². The van der Waals surface area contributed by atoms with E-state index in [2.05, 4.69) is 27.0 Å². The summed E-state index contributed by atoms with van der Waals surface area (Å²) in [5, 5.41) is 6.70. The summed E-state index contributed by atoms with van der Waals surface area (Å²) in [6, 6.07) is 2.80. The van der Waals surface area contributed by atoms with Crippen LogP contribution in [0.15, 0.2) is 43.6 Å². The van der Waals surface area contributed by atoms with Crippen LogP contribution in [0.1, 0.15) is 6.42 Å². The zero-order valence-corrected chi connectivity index (χ0v) is 10.2. The molecule has 2 rings (SSSR count). The Bertz CT molecular complexity index is 565. The molecular weight excluding hydrogens is 244 g/mol. The van der Waals surface area contributed by atoms with Gasteiger partial charge in [0.2, 0.25) is 5.91 Å². The first-order valence-corrected chi connectivity index (χ1v) is 5.69. The molecule has 0 bridgehead atoms. The van der Waals surface area contributed by atoms with E-state index in [1.165, 1.54) is 17.3 Å². The third kappa shape index (κ3) is 3.02. The van der Waals surface area contributed by atoms with Crippen LogP contribution in [0, 0.1) is 0 Å². The lowest BCUT2D eigenvalue weighted by Crippen LogP contribution is -2.35. The fraction of sp³-hybridized carbons (Fsp3) is 0.167. The molecular formula is C12H14N6O. The summed E-state index contributed by atoms with van der Waals surface area (Å²) in [6.07, 6.45) is 6.51. The Kier molecular flexibility index (Phi) is 3.99. The van der Waals surface area contributed by atoms with Crippen LogP contribution >= 0.6 is 0 Å². The van der Waals surface area contributed by atoms with Gasteiger partial charge in [0.1, 0.15) is 12.7 Å². The predicted octanol–water partition coefficient (Wildman–Crippen LogP) is 0.504. The van der Waals surface area contributed by atoms with Crippen molar-refractivity contribution in [3.05, 3.63) is 43.6 Å². The summed E-state index contributed by atoms with van der Waals surface area (Å²) in [5.74, 6) is 0.188. The molecule has 1 unspecified atom stereocenters. The minimum atomic E-state index is -0.638. The van der Waals surface area contributed by atoms with Crippen LogP contribution in [0.5, 0.6) is 0 Å². The van der Waals surface area contributed by atoms with Crippen LogP contribution < -0.4 is 11.1 Å². The summed E-state index contributed by atoms with van der Waals surface area (Å²) >= 11 is 0. The first kappa shape index (κ1) is 12.9. The zero-order chi connectivity index (χ0) is 13.7. The molecule has 1 amide bonds. The third-order valence-corrected chi connectivity index (χ3v) is 2.44. The molecule has 0 aliphatic carbocycles. The van der Waals surface area contributed by atoms with Gasteiger partial charge in [-0.2, -0.15) is 5.10 Å². The van der Waals surface area contributed by atoms with Crippen LogP contribution in [0.2, 0.25) is 0 Å². The molecule has 0 radical (unpaired) electrons. The summed E-state index contributed by atoms with van der Waals surface area (Å²) < 4.78 is 1.47. The highest BCUT2D eigenvalue weighted by Gasteiger charge is 2.14. The van der Waals surface area contributed by atoms with Gasteiger partial charge in [-0.1, -0.05) is 6.08 Å². The monoisotopic (exact) mass is 258 g/mol. The number of rotatable bonds is 5. The van der Waals surface area contributed by atoms with Crippen LogP contribution in [0.3, 0.4) is 0 Å². The van der Waals surface area contributed by atoms with Crippen molar-refractivity contribution in [1.82, 2.24) is 19.7 Å². The van der Waals surface area contributed by atoms with Gasteiger partial charge in [0.05, 0.1) is 11.7 Å². The average molecular weight is 258 g/mol. The van der Waals surface area contributed by atoms with Crippen molar-refractivity contribution >= 4 is 11.6 Å². The van der Waals surface area contributed by atoms with E-state index in [1.807, 2.05) is 0 Å². The van der Waals surface area contributed by atoms with Crippen LogP contribution in [0.25, 0.3) is 5.82 Å². The van der Waals surface area contributed by atoms with Gasteiger partial charge in [0.25, 0.3) is 0 Å². The van der Waals surface area contributed by atoms with Gasteiger partial charge < -0.3 is 11.1 Å². The molecule has 0 spiro atoms. The van der Waals surface area contributed by atoms with Gasteiger partial charge in [0.15, 0.2) is 5.82 Å². The maximum Gasteiger partial charge on any atom is 0.241 e. The Morgan fingerprint density at radius 1 is 1.63 bits per heavy atom. The minimum Gasteiger partial charge on any atom is -0.322 e. The SMILES string of the molecule is C=CCC(N)C(=O)Nc1cccnc1-n1cncn1. The van der Waals surface area contributed by atoms with Gasteiger partial charge in [-0.3, -0.25) is 4.79 Å². The normalized spacial score (nSPS) is 11.8. The number of carbonyl (C=O) groups is 1. The summed E-state index contributed by atoms with van der Waals surface area (Å²) in [4.78, 5) is 19.9. The van der Waals surface area contributed by atoms with Crippen molar-refractivity contribution in [1.29, 1.82) is 0 Å². The van der Waals surface area contributed by atoms with Gasteiger partial charge in [-0.25, -0.2) is 14.6 Å². The number of hydrogen-bond donors (Lipinski definition) is 2. The maximum absolute atomic E-state index is 11.9. The van der Waals surface area contributed by atoms with Gasteiger partial charge >= 0.3 is 0 Å². The van der Waals surface area contributed by atoms with Gasteiger partial charge in [0, 0.05) is 6.20 Å². The third-order valence-electron chi connectivity index (χ3n) is 2.44. The molecule has 0 saturated heterocycles. The van der Waals surface area contributed by atoms with Gasteiger partial charge in [-0.05, 0) is 18.6 Å². The fourth-order valence-corrected chi connectivity index (χ4v) is 1.51. The lowest BCUT2D eigenvalue weighted by atomic mass is 10.2. The molecule has 0 aliphatic heterocycles. The molecule has 1 atom stereocenters. The highest BCUT2D eigenvalue weighted by Crippen LogP contribution is 2.15. The van der Waals surface area contributed by atoms with Crippen LogP contribution in [-0.4, -0.2) is 31.7 Å². The number of hydrogen-bond acceptors (Lipinski definition) is 5. The number of pyridine rings is 1. The van der Waals surface area contributed by atoms with Crippen LogP contribution in [-0.2, 0) is 4.79 Å². The molecule has 7 nitrogen and oxygen atoms in total. The number of nitrogens with one attached hydrogen (secondary N) is 1. The second-order valence-electron chi connectivity index (χ2n) is 3.83. The molecule has 2 aromatic rings. The number of nitrogens with two attached hydrogens (primary N) is 1. The largest absolute Gasteiger partial charge is 0.322 e. The second-order valence-corrected chi connectivity index (χ2v) is 3.83. The number of carbonyl (C=O) groups excluding carboxylic acids is 1. The summed E-state index contributed by atoms with van der Waals surface area (Å²) in [6.45, 7) is 3.55. The zero-order valence-electron chi connectivity index (χ0n) is 10.2. The Morgan fingerprint density at radius 2 is 2.47 bits per heavy atom. The lowest BCUT2D eigenvalue weighted by molar-refractivity contribution is -0.117. The number of amides is 1. The molecule has 2 aromatic heterocycles. The Morgan fingerprint density at radius 3 is 3.16 bits per heavy atom. The number of nitrogens with zero attached hydrogens (tertiary/aromatic N) is 4. The summed E-state index contributed by atoms with van der Waals surface area (Å²) in [7, 11) is 0. The van der Waals surface area contributed by atoms with Crippen molar-refractivity contribution in [3.8, 4) is 5.82 Å². The lowest BCUT2D eigenvalue weighted by Gasteiger charge is -2.12. The van der Waals surface area contributed by atoms with E-state index in [9.17, 15) is 4.79 Å². The highest BCUT2D eigenvalue weighted by molar-refractivity contribution is 5.96. The second kappa shape index (κ2) is 5.87. The molecule has 2 heterocycles. The topological polar surface area (TPSA) is 98.7 Å². The number of aromatic nitrogens is 4. The highest BCUT2D eigenvalue weighted by atomic mass is 16.2. The standard InChI is InChI=1S/C12H14N6O/c1-2-4-9(13)12(19)17-10-5-3-6-15-11(10)18-8-14-7-16-18/h2-3,5-9H,1,4,13H2,(H,17,19). The molecule has 0 fully saturated rings. The average Bonchev–Trinajstić information content (AvgIpc) is 2.93. The van der Waals surface area contributed by atoms with E-state index in [0.29, 0.717) is 17.9 Å². The fourth-order valence-electron chi connectivity index (χ4n) is 1.51.